The highest BCUT2D eigenvalue weighted by atomic mass is 16.5. The van der Waals surface area contributed by atoms with Crippen molar-refractivity contribution < 1.29 is 33.2 Å². The molecule has 4 aliphatic rings. The van der Waals surface area contributed by atoms with Gasteiger partial charge < -0.3 is 39.1 Å². The summed E-state index contributed by atoms with van der Waals surface area (Å²) in [4.78, 5) is 18.0. The highest BCUT2D eigenvalue weighted by molar-refractivity contribution is 5.90. The molecule has 4 aliphatic heterocycles. The van der Waals surface area contributed by atoms with E-state index in [9.17, 15) is 4.79 Å². The maximum atomic E-state index is 13.2. The van der Waals surface area contributed by atoms with E-state index in [0.29, 0.717) is 64.6 Å². The molecule has 4 aromatic rings. The summed E-state index contributed by atoms with van der Waals surface area (Å²) in [5.41, 5.74) is 7.23. The number of amides is 2. The fourth-order valence-corrected chi connectivity index (χ4v) is 8.00. The molecule has 0 saturated heterocycles. The van der Waals surface area contributed by atoms with E-state index < -0.39 is 0 Å². The van der Waals surface area contributed by atoms with Crippen LogP contribution in [0.15, 0.2) is 54.6 Å². The molecule has 0 aliphatic carbocycles. The lowest BCUT2D eigenvalue weighted by atomic mass is 9.86. The van der Waals surface area contributed by atoms with Crippen molar-refractivity contribution in [2.45, 2.75) is 57.5 Å². The van der Waals surface area contributed by atoms with Crippen LogP contribution in [0.25, 0.3) is 0 Å². The van der Waals surface area contributed by atoms with Crippen molar-refractivity contribution in [1.29, 1.82) is 0 Å². The lowest BCUT2D eigenvalue weighted by Crippen LogP contribution is -2.34. The molecule has 286 valence electrons. The largest absolute Gasteiger partial charge is 0.493 e. The zero-order valence-corrected chi connectivity index (χ0v) is 32.5. The van der Waals surface area contributed by atoms with Gasteiger partial charge >= 0.3 is 6.03 Å². The minimum atomic E-state index is -0.276. The van der Waals surface area contributed by atoms with Gasteiger partial charge in [-0.25, -0.2) is 4.79 Å². The Morgan fingerprint density at radius 2 is 1.43 bits per heavy atom. The van der Waals surface area contributed by atoms with Crippen LogP contribution in [0.2, 0.25) is 0 Å². The average molecular weight is 737 g/mol. The van der Waals surface area contributed by atoms with E-state index in [1.165, 1.54) is 16.7 Å². The minimum Gasteiger partial charge on any atom is -0.493 e. The predicted octanol–water partition coefficient (Wildman–Crippen LogP) is 8.08. The van der Waals surface area contributed by atoms with Crippen LogP contribution in [-0.2, 0) is 25.7 Å². The van der Waals surface area contributed by atoms with E-state index >= 15 is 0 Å². The molecule has 0 spiro atoms. The molecule has 0 fully saturated rings. The molecule has 0 unspecified atom stereocenters. The summed E-state index contributed by atoms with van der Waals surface area (Å²) in [7, 11) is 10.9. The van der Waals surface area contributed by atoms with Gasteiger partial charge in [0.25, 0.3) is 0 Å². The van der Waals surface area contributed by atoms with Crippen LogP contribution < -0.4 is 39.1 Å². The lowest BCUT2D eigenvalue weighted by Gasteiger charge is -2.37. The monoisotopic (exact) mass is 736 g/mol. The Bertz CT molecular complexity index is 2000. The van der Waals surface area contributed by atoms with Gasteiger partial charge in [-0.15, -0.1) is 0 Å². The quantitative estimate of drug-likeness (QED) is 0.174. The van der Waals surface area contributed by atoms with Crippen molar-refractivity contribution in [2.24, 2.45) is 0 Å². The van der Waals surface area contributed by atoms with Crippen LogP contribution in [0.3, 0.4) is 0 Å². The molecular weight excluding hydrogens is 684 g/mol. The number of unbranched alkanes of at least 4 members (excludes halogenated alkanes) is 1. The second-order valence-corrected chi connectivity index (χ2v) is 14.4. The van der Waals surface area contributed by atoms with Gasteiger partial charge in [-0.3, -0.25) is 9.80 Å². The molecule has 11 nitrogen and oxygen atoms in total. The lowest BCUT2D eigenvalue weighted by molar-refractivity contribution is 0.220. The number of nitrogens with one attached hydrogen (secondary N) is 2. The van der Waals surface area contributed by atoms with Crippen LogP contribution in [0, 0.1) is 0 Å². The summed E-state index contributed by atoms with van der Waals surface area (Å²) in [6.45, 7) is 4.41. The first kappa shape index (κ1) is 37.2. The van der Waals surface area contributed by atoms with Crippen molar-refractivity contribution in [2.75, 3.05) is 67.5 Å². The molecule has 4 heterocycles. The fourth-order valence-electron chi connectivity index (χ4n) is 8.00. The highest BCUT2D eigenvalue weighted by Gasteiger charge is 2.35. The Balaban J connectivity index is 1.45. The highest BCUT2D eigenvalue weighted by Crippen LogP contribution is 2.52. The van der Waals surface area contributed by atoms with E-state index in [2.05, 4.69) is 71.8 Å². The van der Waals surface area contributed by atoms with Gasteiger partial charge in [0.2, 0.25) is 5.75 Å². The normalized spacial score (nSPS) is 17.9. The first-order valence-electron chi connectivity index (χ1n) is 18.8. The number of nitrogens with zero attached hydrogens (tertiary/aromatic N) is 2. The van der Waals surface area contributed by atoms with E-state index in [1.54, 1.807) is 28.4 Å². The van der Waals surface area contributed by atoms with E-state index in [1.807, 2.05) is 24.3 Å². The number of benzene rings is 4. The number of carbonyl (C=O) groups excluding carboxylic acids is 1. The Morgan fingerprint density at radius 3 is 2.13 bits per heavy atom. The number of likely N-dealkylation sites (N-methyl/N-ethyl adjacent to an activating group) is 2. The van der Waals surface area contributed by atoms with Gasteiger partial charge in [0, 0.05) is 49.0 Å². The van der Waals surface area contributed by atoms with E-state index in [4.69, 9.17) is 28.4 Å². The second kappa shape index (κ2) is 16.1. The van der Waals surface area contributed by atoms with Gasteiger partial charge in [-0.05, 0) is 110 Å². The van der Waals surface area contributed by atoms with Gasteiger partial charge in [0.1, 0.15) is 5.75 Å². The third-order valence-corrected chi connectivity index (χ3v) is 11.1. The smallest absolute Gasteiger partial charge is 0.319 e. The molecule has 2 amide bonds. The Labute approximate surface area is 318 Å². The van der Waals surface area contributed by atoms with E-state index in [0.717, 1.165) is 61.9 Å². The van der Waals surface area contributed by atoms with Gasteiger partial charge in [-0.2, -0.15) is 0 Å². The summed E-state index contributed by atoms with van der Waals surface area (Å²) in [6.07, 6.45) is 4.86. The molecule has 54 heavy (non-hydrogen) atoms. The van der Waals surface area contributed by atoms with Crippen LogP contribution in [0.5, 0.6) is 46.0 Å². The van der Waals surface area contributed by atoms with Gasteiger partial charge in [0.05, 0.1) is 28.4 Å². The first-order valence-corrected chi connectivity index (χ1v) is 18.8. The molecule has 6 bridgehead atoms. The predicted molar refractivity (Wildman–Crippen MR) is 210 cm³/mol. The van der Waals surface area contributed by atoms with E-state index in [-0.39, 0.29) is 18.1 Å². The maximum absolute atomic E-state index is 13.2. The summed E-state index contributed by atoms with van der Waals surface area (Å²) >= 11 is 0. The summed E-state index contributed by atoms with van der Waals surface area (Å²) in [5.74, 6) is 4.71. The third-order valence-electron chi connectivity index (χ3n) is 11.1. The number of urea groups is 1. The van der Waals surface area contributed by atoms with Crippen LogP contribution >= 0.6 is 0 Å². The zero-order valence-electron chi connectivity index (χ0n) is 32.5. The molecule has 11 heteroatoms. The van der Waals surface area contributed by atoms with Gasteiger partial charge in [0.15, 0.2) is 34.5 Å². The second-order valence-electron chi connectivity index (χ2n) is 14.4. The molecule has 0 radical (unpaired) electrons. The number of methoxy groups -OCH3 is 4. The fraction of sp³-hybridized carbons (Fsp3) is 0.419. The summed E-state index contributed by atoms with van der Waals surface area (Å²) < 4.78 is 37.6. The number of fused-ring (bicyclic) bond motifs is 2. The molecule has 2 atom stereocenters. The van der Waals surface area contributed by atoms with Crippen molar-refractivity contribution in [1.82, 2.24) is 15.1 Å². The first-order chi connectivity index (χ1) is 26.2. The molecule has 2 N–H and O–H groups in total. The molecule has 0 saturated carbocycles. The standard InChI is InChI=1S/C43H52N4O7/c1-8-9-16-44-43(48)45-32-25-36(50-5)37-23-29(32)20-34-40-28(15-18-47(34)3)22-39(51-6)41(52-7)42(40)54-38-24-31-27(21-35(38)49-4)14-17-46(2)33(31)19-26-10-12-30(53-37)13-11-26/h10-13,21-25,33-34H,8-9,14-20H2,1-7H3,(H2,44,45,48)/t33-,34-/m0/s1. The number of rotatable bonds is 8. The zero-order chi connectivity index (χ0) is 37.9. The Hall–Kier alpha value is -5.13. The van der Waals surface area contributed by atoms with Crippen molar-refractivity contribution in [3.05, 3.63) is 88.0 Å². The Kier molecular flexibility index (Phi) is 11.1. The van der Waals surface area contributed by atoms with Crippen molar-refractivity contribution in [3.63, 3.8) is 0 Å². The summed E-state index contributed by atoms with van der Waals surface area (Å²) in [5, 5.41) is 6.11. The van der Waals surface area contributed by atoms with Crippen LogP contribution in [0.1, 0.15) is 65.2 Å². The maximum Gasteiger partial charge on any atom is 0.319 e. The van der Waals surface area contributed by atoms with Crippen LogP contribution in [-0.4, -0.2) is 78.0 Å². The third kappa shape index (κ3) is 7.35. The minimum absolute atomic E-state index is 0.120. The van der Waals surface area contributed by atoms with Gasteiger partial charge in [-0.1, -0.05) is 25.5 Å². The Morgan fingerprint density at radius 1 is 0.759 bits per heavy atom. The number of carbonyl (C=O) groups is 1. The number of hydrogen-bond acceptors (Lipinski definition) is 9. The van der Waals surface area contributed by atoms with Crippen LogP contribution in [0.4, 0.5) is 10.5 Å². The number of ether oxygens (including phenoxy) is 6. The molecule has 4 aromatic carbocycles. The topological polar surface area (TPSA) is 103 Å². The SMILES string of the molecule is CCCCNC(=O)Nc1cc(OC)c2cc1C[C@H]1c3c(cc(OC)c(OC)c3Oc3cc4c(cc3OC)CCN(C)[C@H]4Cc3ccc(cc3)O2)CCN1C. The van der Waals surface area contributed by atoms with Crippen molar-refractivity contribution >= 4 is 11.7 Å². The average Bonchev–Trinajstić information content (AvgIpc) is 3.17. The van der Waals surface area contributed by atoms with Crippen molar-refractivity contribution in [3.8, 4) is 46.0 Å². The number of hydrogen-bond donors (Lipinski definition) is 2. The molecule has 8 rings (SSSR count). The summed E-state index contributed by atoms with van der Waals surface area (Å²) in [6, 6.07) is 18.1. The number of anilines is 1. The molecule has 0 aromatic heterocycles. The molecular formula is C43H52N4O7.